The molecule has 1 rings (SSSR count). The summed E-state index contributed by atoms with van der Waals surface area (Å²) in [6, 6.07) is 0. The molecule has 3 N–H and O–H groups in total. The summed E-state index contributed by atoms with van der Waals surface area (Å²) in [5.41, 5.74) is 5.92. The van der Waals surface area contributed by atoms with E-state index in [1.165, 1.54) is 6.20 Å². The summed E-state index contributed by atoms with van der Waals surface area (Å²) in [6.45, 7) is 0.108. The number of anilines is 1. The van der Waals surface area contributed by atoms with Crippen molar-refractivity contribution in [3.05, 3.63) is 23.1 Å². The Bertz CT molecular complexity index is 314. The van der Waals surface area contributed by atoms with Crippen LogP contribution in [0.2, 0.25) is 5.15 Å². The van der Waals surface area contributed by atoms with Gasteiger partial charge in [-0.1, -0.05) is 17.7 Å². The zero-order valence-electron chi connectivity index (χ0n) is 6.94. The first kappa shape index (κ1) is 9.95. The Labute approximate surface area is 81.1 Å². The molecule has 1 heterocycles. The first-order valence-corrected chi connectivity index (χ1v) is 4.17. The molecule has 0 aliphatic heterocycles. The predicted molar refractivity (Wildman–Crippen MR) is 52.2 cm³/mol. The minimum absolute atomic E-state index is 0.108. The lowest BCUT2D eigenvalue weighted by Crippen LogP contribution is -1.94. The molecule has 13 heavy (non-hydrogen) atoms. The highest BCUT2D eigenvalue weighted by atomic mass is 35.5. The van der Waals surface area contributed by atoms with E-state index < -0.39 is 0 Å². The third-order valence-electron chi connectivity index (χ3n) is 1.35. The van der Waals surface area contributed by atoms with Gasteiger partial charge in [-0.3, -0.25) is 0 Å². The topological polar surface area (TPSA) is 72.0 Å². The third kappa shape index (κ3) is 3.01. The average Bonchev–Trinajstić information content (AvgIpc) is 2.09. The monoisotopic (exact) mass is 199 g/mol. The maximum atomic E-state index is 8.52. The van der Waals surface area contributed by atoms with Crippen molar-refractivity contribution in [2.24, 2.45) is 0 Å². The summed E-state index contributed by atoms with van der Waals surface area (Å²) in [7, 11) is 0. The van der Waals surface area contributed by atoms with Gasteiger partial charge in [0.15, 0.2) is 5.15 Å². The fourth-order valence-electron chi connectivity index (χ4n) is 0.770. The molecule has 1 aromatic heterocycles. The molecule has 0 bridgehead atoms. The summed E-state index contributed by atoms with van der Waals surface area (Å²) in [5, 5.41) is 8.79. The van der Waals surface area contributed by atoms with Gasteiger partial charge in [-0.25, -0.2) is 9.97 Å². The summed E-state index contributed by atoms with van der Waals surface area (Å²) >= 11 is 5.74. The predicted octanol–water partition coefficient (Wildman–Crippen LogP) is 1.11. The van der Waals surface area contributed by atoms with Crippen molar-refractivity contribution < 1.29 is 5.11 Å². The van der Waals surface area contributed by atoms with Crippen LogP contribution in [0.3, 0.4) is 0 Å². The van der Waals surface area contributed by atoms with E-state index in [-0.39, 0.29) is 11.8 Å². The number of nitrogen functional groups attached to an aromatic ring is 1. The highest BCUT2D eigenvalue weighted by Crippen LogP contribution is 2.13. The molecule has 0 aliphatic carbocycles. The fourth-order valence-corrected chi connectivity index (χ4v) is 0.979. The van der Waals surface area contributed by atoms with E-state index in [2.05, 4.69) is 9.97 Å². The van der Waals surface area contributed by atoms with Gasteiger partial charge >= 0.3 is 0 Å². The van der Waals surface area contributed by atoms with Gasteiger partial charge in [-0.15, -0.1) is 0 Å². The summed E-state index contributed by atoms with van der Waals surface area (Å²) in [6.07, 6.45) is 5.48. The molecule has 70 valence electrons. The zero-order chi connectivity index (χ0) is 9.68. The zero-order valence-corrected chi connectivity index (χ0v) is 7.70. The van der Waals surface area contributed by atoms with Crippen LogP contribution in [0.15, 0.2) is 12.3 Å². The Morgan fingerprint density at radius 3 is 3.00 bits per heavy atom. The highest BCUT2D eigenvalue weighted by Gasteiger charge is 1.98. The number of hydrogen-bond donors (Lipinski definition) is 2. The van der Waals surface area contributed by atoms with Crippen molar-refractivity contribution >= 4 is 23.5 Å². The van der Waals surface area contributed by atoms with Crippen LogP contribution < -0.4 is 5.73 Å². The third-order valence-corrected chi connectivity index (χ3v) is 1.62. The normalized spacial score (nSPS) is 10.9. The number of aliphatic hydroxyl groups is 1. The average molecular weight is 200 g/mol. The van der Waals surface area contributed by atoms with Crippen LogP contribution in [0, 0.1) is 0 Å². The summed E-state index contributed by atoms with van der Waals surface area (Å²) in [4.78, 5) is 7.78. The number of hydrogen-bond acceptors (Lipinski definition) is 4. The summed E-state index contributed by atoms with van der Waals surface area (Å²) in [5.74, 6) is 0.296. The number of aromatic nitrogens is 2. The van der Waals surface area contributed by atoms with Crippen LogP contribution in [-0.2, 0) is 0 Å². The Morgan fingerprint density at radius 2 is 2.38 bits per heavy atom. The molecule has 5 heteroatoms. The number of halogens is 1. The Kier molecular flexibility index (Phi) is 3.67. The molecule has 0 amide bonds. The number of nitrogens with zero attached hydrogens (tertiary/aromatic N) is 2. The van der Waals surface area contributed by atoms with Crippen LogP contribution in [0.1, 0.15) is 12.1 Å². The largest absolute Gasteiger partial charge is 0.396 e. The second-order valence-corrected chi connectivity index (χ2v) is 2.74. The van der Waals surface area contributed by atoms with Gasteiger partial charge in [-0.05, 0) is 12.5 Å². The lowest BCUT2D eigenvalue weighted by atomic mass is 10.3. The summed E-state index contributed by atoms with van der Waals surface area (Å²) < 4.78 is 0. The maximum Gasteiger partial charge on any atom is 0.157 e. The van der Waals surface area contributed by atoms with Crippen molar-refractivity contribution in [3.63, 3.8) is 0 Å². The standard InChI is InChI=1S/C8H10ClN3O/c9-8-6(3-1-2-4-13)11-5-7(10)12-8/h1,3,5,13H,2,4H2,(H2,10,12). The number of nitrogens with two attached hydrogens (primary N) is 1. The molecule has 4 nitrogen and oxygen atoms in total. The van der Waals surface area contributed by atoms with E-state index >= 15 is 0 Å². The van der Waals surface area contributed by atoms with Crippen molar-refractivity contribution in [2.75, 3.05) is 12.3 Å². The van der Waals surface area contributed by atoms with Crippen LogP contribution in [-0.4, -0.2) is 21.7 Å². The molecular weight excluding hydrogens is 190 g/mol. The molecule has 0 aliphatic rings. The quantitative estimate of drug-likeness (QED) is 0.765. The van der Waals surface area contributed by atoms with Crippen molar-refractivity contribution in [1.82, 2.24) is 9.97 Å². The van der Waals surface area contributed by atoms with Gasteiger partial charge in [0.05, 0.1) is 6.20 Å². The first-order chi connectivity index (χ1) is 6.24. The second kappa shape index (κ2) is 4.79. The molecule has 0 atom stereocenters. The number of aliphatic hydroxyl groups excluding tert-OH is 1. The molecule has 0 unspecified atom stereocenters. The lowest BCUT2D eigenvalue weighted by Gasteiger charge is -1.96. The Hall–Kier alpha value is -1.13. The van der Waals surface area contributed by atoms with Crippen molar-refractivity contribution in [1.29, 1.82) is 0 Å². The lowest BCUT2D eigenvalue weighted by molar-refractivity contribution is 0.303. The minimum atomic E-state index is 0.108. The molecule has 0 radical (unpaired) electrons. The van der Waals surface area contributed by atoms with E-state index in [0.29, 0.717) is 17.9 Å². The van der Waals surface area contributed by atoms with E-state index in [4.69, 9.17) is 22.4 Å². The highest BCUT2D eigenvalue weighted by molar-refractivity contribution is 6.30. The molecule has 0 saturated heterocycles. The van der Waals surface area contributed by atoms with Gasteiger partial charge in [0, 0.05) is 6.61 Å². The SMILES string of the molecule is Nc1cnc(C=CCCO)c(Cl)n1. The van der Waals surface area contributed by atoms with E-state index in [9.17, 15) is 0 Å². The minimum Gasteiger partial charge on any atom is -0.396 e. The molecule has 0 spiro atoms. The molecule has 0 aromatic carbocycles. The van der Waals surface area contributed by atoms with Crippen molar-refractivity contribution in [2.45, 2.75) is 6.42 Å². The molecular formula is C8H10ClN3O. The van der Waals surface area contributed by atoms with Crippen LogP contribution in [0.5, 0.6) is 0 Å². The van der Waals surface area contributed by atoms with Crippen molar-refractivity contribution in [3.8, 4) is 0 Å². The molecule has 0 fully saturated rings. The van der Waals surface area contributed by atoms with Gasteiger partial charge < -0.3 is 10.8 Å². The van der Waals surface area contributed by atoms with Gasteiger partial charge in [0.1, 0.15) is 11.5 Å². The Morgan fingerprint density at radius 1 is 1.62 bits per heavy atom. The van der Waals surface area contributed by atoms with Crippen LogP contribution in [0.25, 0.3) is 6.08 Å². The molecule has 0 saturated carbocycles. The second-order valence-electron chi connectivity index (χ2n) is 2.39. The first-order valence-electron chi connectivity index (χ1n) is 3.79. The van der Waals surface area contributed by atoms with Gasteiger partial charge in [-0.2, -0.15) is 0 Å². The van der Waals surface area contributed by atoms with Gasteiger partial charge in [0.25, 0.3) is 0 Å². The van der Waals surface area contributed by atoms with E-state index in [0.717, 1.165) is 0 Å². The van der Waals surface area contributed by atoms with Gasteiger partial charge in [0.2, 0.25) is 0 Å². The fraction of sp³-hybridized carbons (Fsp3) is 0.250. The maximum absolute atomic E-state index is 8.52. The number of rotatable bonds is 3. The van der Waals surface area contributed by atoms with Crippen LogP contribution in [0.4, 0.5) is 5.82 Å². The Balaban J connectivity index is 2.77. The van der Waals surface area contributed by atoms with E-state index in [1.54, 1.807) is 12.2 Å². The van der Waals surface area contributed by atoms with Crippen LogP contribution >= 0.6 is 11.6 Å². The smallest absolute Gasteiger partial charge is 0.157 e. The molecule has 1 aromatic rings. The van der Waals surface area contributed by atoms with E-state index in [1.807, 2.05) is 0 Å².